The van der Waals surface area contributed by atoms with Crippen molar-refractivity contribution in [3.05, 3.63) is 0 Å². The lowest BCUT2D eigenvalue weighted by atomic mass is 10.4. The van der Waals surface area contributed by atoms with Gasteiger partial charge in [0.25, 0.3) is 0 Å². The molecule has 1 heterocycles. The second kappa shape index (κ2) is 1.91. The lowest BCUT2D eigenvalue weighted by Crippen LogP contribution is -2.11. The fourth-order valence-corrected chi connectivity index (χ4v) is 0.418. The molecule has 40 valence electrons. The average molecular weight is 103 g/mol. The van der Waals surface area contributed by atoms with Crippen molar-refractivity contribution in [2.75, 3.05) is 13.2 Å². The average Bonchev–Trinajstić information content (AvgIpc) is 2.14. The first-order valence-corrected chi connectivity index (χ1v) is 2.13. The van der Waals surface area contributed by atoms with E-state index < -0.39 is 6.67 Å². The molecular formula is C4H6FNO. The van der Waals surface area contributed by atoms with Crippen LogP contribution in [0, 0.1) is 0 Å². The quantitative estimate of drug-likeness (QED) is 0.470. The van der Waals surface area contributed by atoms with Gasteiger partial charge in [0.05, 0.1) is 6.54 Å². The first kappa shape index (κ1) is 4.56. The van der Waals surface area contributed by atoms with Gasteiger partial charge in [-0.15, -0.1) is 0 Å². The first-order valence-electron chi connectivity index (χ1n) is 2.13. The van der Waals surface area contributed by atoms with Crippen LogP contribution >= 0.6 is 0 Å². The predicted octanol–water partition coefficient (Wildman–Crippen LogP) is 0.383. The van der Waals surface area contributed by atoms with Gasteiger partial charge in [-0.1, -0.05) is 0 Å². The highest BCUT2D eigenvalue weighted by atomic mass is 19.1. The molecule has 1 atom stereocenters. The number of hydrogen-bond donors (Lipinski definition) is 0. The Morgan fingerprint density at radius 1 is 2.00 bits per heavy atom. The van der Waals surface area contributed by atoms with Crippen molar-refractivity contribution >= 4 is 6.40 Å². The Labute approximate surface area is 41.0 Å². The summed E-state index contributed by atoms with van der Waals surface area (Å²) in [6.07, 6.45) is 1.00. The number of halogens is 1. The van der Waals surface area contributed by atoms with Crippen LogP contribution in [-0.4, -0.2) is 25.7 Å². The highest BCUT2D eigenvalue weighted by Crippen LogP contribution is 1.97. The maximum atomic E-state index is 11.5. The van der Waals surface area contributed by atoms with Gasteiger partial charge in [-0.05, 0) is 0 Å². The number of nitrogens with zero attached hydrogens (tertiary/aromatic N) is 1. The van der Waals surface area contributed by atoms with Crippen LogP contribution in [-0.2, 0) is 4.74 Å². The summed E-state index contributed by atoms with van der Waals surface area (Å²) in [6.45, 7) is 0.0521. The molecule has 0 radical (unpaired) electrons. The molecule has 0 aliphatic carbocycles. The van der Waals surface area contributed by atoms with Crippen molar-refractivity contribution in [3.8, 4) is 0 Å². The van der Waals surface area contributed by atoms with Gasteiger partial charge in [-0.2, -0.15) is 0 Å². The van der Waals surface area contributed by atoms with Gasteiger partial charge < -0.3 is 4.74 Å². The third-order valence-electron chi connectivity index (χ3n) is 0.809. The van der Waals surface area contributed by atoms with E-state index in [0.717, 1.165) is 0 Å². The molecule has 1 rings (SSSR count). The van der Waals surface area contributed by atoms with Crippen LogP contribution in [0.1, 0.15) is 0 Å². The highest BCUT2D eigenvalue weighted by Gasteiger charge is 2.09. The Balaban J connectivity index is 2.22. The maximum absolute atomic E-state index is 11.5. The van der Waals surface area contributed by atoms with E-state index >= 15 is 0 Å². The van der Waals surface area contributed by atoms with E-state index in [0.29, 0.717) is 6.54 Å². The van der Waals surface area contributed by atoms with Crippen molar-refractivity contribution in [1.82, 2.24) is 0 Å². The highest BCUT2D eigenvalue weighted by molar-refractivity contribution is 5.48. The summed E-state index contributed by atoms with van der Waals surface area (Å²) in [5.74, 6) is 0. The largest absolute Gasteiger partial charge is 0.476 e. The Kier molecular flexibility index (Phi) is 1.24. The summed E-state index contributed by atoms with van der Waals surface area (Å²) < 4.78 is 16.1. The van der Waals surface area contributed by atoms with E-state index in [-0.39, 0.29) is 6.10 Å². The van der Waals surface area contributed by atoms with Crippen molar-refractivity contribution < 1.29 is 9.13 Å². The van der Waals surface area contributed by atoms with Gasteiger partial charge in [0, 0.05) is 0 Å². The molecule has 1 aliphatic heterocycles. The zero-order valence-corrected chi connectivity index (χ0v) is 3.80. The van der Waals surface area contributed by atoms with Crippen LogP contribution in [0.3, 0.4) is 0 Å². The maximum Gasteiger partial charge on any atom is 0.170 e. The summed E-state index contributed by atoms with van der Waals surface area (Å²) >= 11 is 0. The zero-order chi connectivity index (χ0) is 5.11. The second-order valence-electron chi connectivity index (χ2n) is 1.38. The van der Waals surface area contributed by atoms with Gasteiger partial charge in [0.15, 0.2) is 6.40 Å². The monoisotopic (exact) mass is 103 g/mol. The summed E-state index contributed by atoms with van der Waals surface area (Å²) in [5, 5.41) is 0. The SMILES string of the molecule is FCC1CN=CO1. The van der Waals surface area contributed by atoms with E-state index in [1.54, 1.807) is 0 Å². The molecule has 0 N–H and O–H groups in total. The Bertz CT molecular complexity index is 75.8. The summed E-state index contributed by atoms with van der Waals surface area (Å²) in [6, 6.07) is 0. The molecule has 0 bridgehead atoms. The molecule has 0 fully saturated rings. The van der Waals surface area contributed by atoms with Gasteiger partial charge in [0.1, 0.15) is 12.8 Å². The van der Waals surface area contributed by atoms with E-state index in [1.807, 2.05) is 0 Å². The normalized spacial score (nSPS) is 27.9. The molecule has 1 aliphatic rings. The first-order chi connectivity index (χ1) is 3.43. The van der Waals surface area contributed by atoms with Gasteiger partial charge in [0.2, 0.25) is 0 Å². The van der Waals surface area contributed by atoms with Crippen LogP contribution in [0.4, 0.5) is 4.39 Å². The Morgan fingerprint density at radius 2 is 2.86 bits per heavy atom. The van der Waals surface area contributed by atoms with Crippen LogP contribution in [0.2, 0.25) is 0 Å². The lowest BCUT2D eigenvalue weighted by molar-refractivity contribution is 0.190. The fraction of sp³-hybridized carbons (Fsp3) is 0.750. The molecule has 7 heavy (non-hydrogen) atoms. The predicted molar refractivity (Wildman–Crippen MR) is 24.2 cm³/mol. The van der Waals surface area contributed by atoms with Crippen molar-refractivity contribution in [3.63, 3.8) is 0 Å². The van der Waals surface area contributed by atoms with Gasteiger partial charge in [-0.3, -0.25) is 4.99 Å². The summed E-state index contributed by atoms with van der Waals surface area (Å²) in [4.78, 5) is 3.65. The molecule has 0 saturated heterocycles. The minimum absolute atomic E-state index is 0.292. The van der Waals surface area contributed by atoms with E-state index in [2.05, 4.69) is 9.73 Å². The minimum Gasteiger partial charge on any atom is -0.476 e. The Morgan fingerprint density at radius 3 is 3.14 bits per heavy atom. The van der Waals surface area contributed by atoms with Crippen LogP contribution in [0.15, 0.2) is 4.99 Å². The van der Waals surface area contributed by atoms with Crippen LogP contribution in [0.25, 0.3) is 0 Å². The van der Waals surface area contributed by atoms with Gasteiger partial charge in [-0.25, -0.2) is 4.39 Å². The number of ether oxygens (including phenoxy) is 1. The number of aliphatic imine (C=N–C) groups is 1. The third-order valence-corrected chi connectivity index (χ3v) is 0.809. The number of hydrogen-bond acceptors (Lipinski definition) is 2. The molecule has 0 saturated carbocycles. The van der Waals surface area contributed by atoms with Crippen LogP contribution < -0.4 is 0 Å². The molecule has 0 aromatic carbocycles. The smallest absolute Gasteiger partial charge is 0.170 e. The van der Waals surface area contributed by atoms with Gasteiger partial charge >= 0.3 is 0 Å². The van der Waals surface area contributed by atoms with Crippen molar-refractivity contribution in [2.24, 2.45) is 4.99 Å². The number of alkyl halides is 1. The second-order valence-corrected chi connectivity index (χ2v) is 1.38. The van der Waals surface area contributed by atoms with Crippen molar-refractivity contribution in [2.45, 2.75) is 6.10 Å². The Hall–Kier alpha value is -0.600. The topological polar surface area (TPSA) is 21.6 Å². The molecular weight excluding hydrogens is 97.0 g/mol. The molecule has 1 unspecified atom stereocenters. The van der Waals surface area contributed by atoms with Crippen LogP contribution in [0.5, 0.6) is 0 Å². The minimum atomic E-state index is -0.431. The molecule has 0 aromatic rings. The molecule has 0 aromatic heterocycles. The molecule has 0 spiro atoms. The van der Waals surface area contributed by atoms with E-state index in [9.17, 15) is 4.39 Å². The standard InChI is InChI=1S/C4H6FNO/c5-1-4-2-6-3-7-4/h3-4H,1-2H2. The van der Waals surface area contributed by atoms with E-state index in [1.165, 1.54) is 6.40 Å². The van der Waals surface area contributed by atoms with Crippen molar-refractivity contribution in [1.29, 1.82) is 0 Å². The van der Waals surface area contributed by atoms with E-state index in [4.69, 9.17) is 0 Å². The summed E-state index contributed by atoms with van der Waals surface area (Å²) in [5.41, 5.74) is 0. The summed E-state index contributed by atoms with van der Waals surface area (Å²) in [7, 11) is 0. The number of rotatable bonds is 1. The molecule has 0 amide bonds. The molecule has 2 nitrogen and oxygen atoms in total. The third kappa shape index (κ3) is 0.885. The lowest BCUT2D eigenvalue weighted by Gasteiger charge is -1.98. The zero-order valence-electron chi connectivity index (χ0n) is 3.80. The fourth-order valence-electron chi connectivity index (χ4n) is 0.418. The molecule has 3 heteroatoms.